The van der Waals surface area contributed by atoms with E-state index in [1.54, 1.807) is 0 Å². The van der Waals surface area contributed by atoms with E-state index in [1.807, 2.05) is 0 Å². The van der Waals surface area contributed by atoms with Crippen molar-refractivity contribution in [2.45, 2.75) is 71.6 Å². The Bertz CT molecular complexity index is 3210. The van der Waals surface area contributed by atoms with E-state index in [0.29, 0.717) is 0 Å². The highest BCUT2D eigenvalue weighted by Crippen LogP contribution is 2.51. The van der Waals surface area contributed by atoms with Crippen molar-refractivity contribution in [3.63, 3.8) is 0 Å². The highest BCUT2D eigenvalue weighted by atomic mass is 15.2. The van der Waals surface area contributed by atoms with Crippen molar-refractivity contribution in [3.05, 3.63) is 198 Å². The van der Waals surface area contributed by atoms with Gasteiger partial charge in [0.15, 0.2) is 0 Å². The zero-order chi connectivity index (χ0) is 43.9. The van der Waals surface area contributed by atoms with E-state index in [9.17, 15) is 0 Å². The van der Waals surface area contributed by atoms with Crippen molar-refractivity contribution >= 4 is 78.8 Å². The summed E-state index contributed by atoms with van der Waals surface area (Å²) in [7, 11) is 0. The molecule has 9 aromatic rings. The van der Waals surface area contributed by atoms with Crippen molar-refractivity contribution in [1.82, 2.24) is 0 Å². The van der Waals surface area contributed by atoms with E-state index in [2.05, 4.69) is 241 Å². The highest BCUT2D eigenvalue weighted by molar-refractivity contribution is 7.00. The SMILES string of the molecule is CC(C)(C)c1ccc(N2c3cc4ccccc4cc3B3c4cc5ccccc5cc4N(c4ccc(C(C)(C)C)cc4)c4cc(-c5ccc6c(c5)-c5ccccc5C6(C)C)cc2c43)cc1. The van der Waals surface area contributed by atoms with Gasteiger partial charge in [-0.25, -0.2) is 0 Å². The Kier molecular flexibility index (Phi) is 8.24. The molecule has 2 aliphatic heterocycles. The van der Waals surface area contributed by atoms with Gasteiger partial charge in [-0.2, -0.15) is 0 Å². The second-order valence-electron chi connectivity index (χ2n) is 21.1. The molecule has 0 unspecified atom stereocenters. The first-order valence-corrected chi connectivity index (χ1v) is 23.0. The Balaban J connectivity index is 1.20. The summed E-state index contributed by atoms with van der Waals surface area (Å²) in [6, 6.07) is 67.6. The Morgan fingerprint density at radius 1 is 0.391 bits per heavy atom. The van der Waals surface area contributed by atoms with Crippen LogP contribution in [0.2, 0.25) is 0 Å². The molecule has 1 aliphatic carbocycles. The Morgan fingerprint density at radius 2 is 0.828 bits per heavy atom. The predicted molar refractivity (Wildman–Crippen MR) is 276 cm³/mol. The van der Waals surface area contributed by atoms with Crippen LogP contribution in [0, 0.1) is 0 Å². The number of benzene rings is 9. The highest BCUT2D eigenvalue weighted by Gasteiger charge is 2.44. The minimum atomic E-state index is -0.0650. The van der Waals surface area contributed by atoms with Crippen molar-refractivity contribution in [2.75, 3.05) is 9.80 Å². The maximum absolute atomic E-state index is 2.58. The lowest BCUT2D eigenvalue weighted by Crippen LogP contribution is -2.61. The van der Waals surface area contributed by atoms with Crippen LogP contribution in [0.25, 0.3) is 43.8 Å². The molecule has 0 radical (unpaired) electrons. The molecule has 0 aromatic heterocycles. The van der Waals surface area contributed by atoms with E-state index in [0.717, 1.165) is 11.4 Å². The number of nitrogens with zero attached hydrogens (tertiary/aromatic N) is 2. The van der Waals surface area contributed by atoms with Crippen molar-refractivity contribution in [1.29, 1.82) is 0 Å². The molecule has 0 N–H and O–H groups in total. The molecule has 3 heteroatoms. The summed E-state index contributed by atoms with van der Waals surface area (Å²) >= 11 is 0. The fourth-order valence-corrected chi connectivity index (χ4v) is 11.2. The van der Waals surface area contributed by atoms with Gasteiger partial charge in [0, 0.05) is 39.5 Å². The maximum atomic E-state index is 2.58. The van der Waals surface area contributed by atoms with Crippen LogP contribution >= 0.6 is 0 Å². The van der Waals surface area contributed by atoms with Gasteiger partial charge in [-0.1, -0.05) is 177 Å². The van der Waals surface area contributed by atoms with Crippen LogP contribution in [0.5, 0.6) is 0 Å². The molecule has 12 rings (SSSR count). The number of anilines is 6. The summed E-state index contributed by atoms with van der Waals surface area (Å²) in [5.41, 5.74) is 21.8. The second-order valence-corrected chi connectivity index (χ2v) is 21.1. The van der Waals surface area contributed by atoms with Gasteiger partial charge in [-0.15, -0.1) is 0 Å². The topological polar surface area (TPSA) is 6.48 Å². The second kappa shape index (κ2) is 13.6. The standard InChI is InChI=1S/C61H53BN2/c1-59(2,3)44-22-26-46(27-23-44)63-54-34-40-17-11-9-15-38(40)32-52(54)62-53-33-39-16-10-12-18-41(39)35-55(53)64(47-28-24-45(25-29-47)60(4,5)6)57-37-43(36-56(63)58(57)62)42-21-30-51-49(31-42)48-19-13-14-20-50(48)61(51,7)8/h9-37H,1-8H3. The fraction of sp³-hybridized carbons (Fsp3) is 0.180. The summed E-state index contributed by atoms with van der Waals surface area (Å²) in [6.07, 6.45) is 0. The van der Waals surface area contributed by atoms with Crippen LogP contribution in [-0.2, 0) is 16.2 Å². The van der Waals surface area contributed by atoms with E-state index in [4.69, 9.17) is 0 Å². The molecule has 3 aliphatic rings. The first-order chi connectivity index (χ1) is 30.7. The summed E-state index contributed by atoms with van der Waals surface area (Å²) in [4.78, 5) is 5.15. The molecule has 64 heavy (non-hydrogen) atoms. The Morgan fingerprint density at radius 3 is 1.31 bits per heavy atom. The van der Waals surface area contributed by atoms with Crippen LogP contribution in [0.15, 0.2) is 176 Å². The monoisotopic (exact) mass is 824 g/mol. The van der Waals surface area contributed by atoms with Gasteiger partial charge in [0.05, 0.1) is 0 Å². The number of hydrogen-bond acceptors (Lipinski definition) is 2. The van der Waals surface area contributed by atoms with Gasteiger partial charge in [0.25, 0.3) is 6.71 Å². The third kappa shape index (κ3) is 5.79. The van der Waals surface area contributed by atoms with Crippen molar-refractivity contribution < 1.29 is 0 Å². The average molecular weight is 825 g/mol. The lowest BCUT2D eigenvalue weighted by atomic mass is 9.33. The minimum Gasteiger partial charge on any atom is -0.311 e. The quantitative estimate of drug-likeness (QED) is 0.164. The minimum absolute atomic E-state index is 0.00107. The van der Waals surface area contributed by atoms with Crippen LogP contribution in [-0.4, -0.2) is 6.71 Å². The first-order valence-electron chi connectivity index (χ1n) is 23.0. The zero-order valence-electron chi connectivity index (χ0n) is 38.2. The third-order valence-electron chi connectivity index (χ3n) is 14.7. The van der Waals surface area contributed by atoms with Crippen LogP contribution in [0.3, 0.4) is 0 Å². The first kappa shape index (κ1) is 38.8. The normalized spacial score (nSPS) is 14.6. The van der Waals surface area contributed by atoms with Gasteiger partial charge >= 0.3 is 0 Å². The van der Waals surface area contributed by atoms with Gasteiger partial charge in [-0.05, 0) is 148 Å². The number of rotatable bonds is 3. The molecule has 2 nitrogen and oxygen atoms in total. The summed E-state index contributed by atoms with van der Waals surface area (Å²) in [5.74, 6) is 0. The van der Waals surface area contributed by atoms with E-state index >= 15 is 0 Å². The lowest BCUT2D eigenvalue weighted by molar-refractivity contribution is 0.590. The van der Waals surface area contributed by atoms with Crippen molar-refractivity contribution in [2.24, 2.45) is 0 Å². The summed E-state index contributed by atoms with van der Waals surface area (Å²) < 4.78 is 0. The molecule has 0 bridgehead atoms. The van der Waals surface area contributed by atoms with Crippen molar-refractivity contribution in [3.8, 4) is 22.3 Å². The zero-order valence-corrected chi connectivity index (χ0v) is 38.2. The molecule has 9 aromatic carbocycles. The molecule has 310 valence electrons. The van der Waals surface area contributed by atoms with Crippen LogP contribution in [0.4, 0.5) is 34.1 Å². The van der Waals surface area contributed by atoms with E-state index in [1.165, 1.54) is 105 Å². The van der Waals surface area contributed by atoms with E-state index in [-0.39, 0.29) is 23.0 Å². The molecular formula is C61H53BN2. The average Bonchev–Trinajstić information content (AvgIpc) is 3.52. The predicted octanol–water partition coefficient (Wildman–Crippen LogP) is 14.6. The summed E-state index contributed by atoms with van der Waals surface area (Å²) in [6.45, 7) is 18.5. The smallest absolute Gasteiger partial charge is 0.252 e. The van der Waals surface area contributed by atoms with Gasteiger partial charge in [0.1, 0.15) is 0 Å². The molecule has 0 spiro atoms. The van der Waals surface area contributed by atoms with Crippen LogP contribution in [0.1, 0.15) is 77.6 Å². The van der Waals surface area contributed by atoms with Gasteiger partial charge in [0.2, 0.25) is 0 Å². The number of hydrogen-bond donors (Lipinski definition) is 0. The Hall–Kier alpha value is -6.84. The molecule has 0 atom stereocenters. The summed E-state index contributed by atoms with van der Waals surface area (Å²) in [5, 5.41) is 5.00. The largest absolute Gasteiger partial charge is 0.311 e. The molecule has 0 saturated carbocycles. The molecule has 2 heterocycles. The number of fused-ring (bicyclic) bond motifs is 9. The Labute approximate surface area is 378 Å². The molecular weight excluding hydrogens is 771 g/mol. The maximum Gasteiger partial charge on any atom is 0.252 e. The molecule has 0 amide bonds. The van der Waals surface area contributed by atoms with Crippen LogP contribution < -0.4 is 26.2 Å². The lowest BCUT2D eigenvalue weighted by Gasteiger charge is -2.45. The van der Waals surface area contributed by atoms with E-state index < -0.39 is 0 Å². The fourth-order valence-electron chi connectivity index (χ4n) is 11.2. The third-order valence-corrected chi connectivity index (χ3v) is 14.7. The molecule has 0 saturated heterocycles. The van der Waals surface area contributed by atoms with Gasteiger partial charge in [-0.3, -0.25) is 0 Å². The molecule has 0 fully saturated rings. The van der Waals surface area contributed by atoms with Gasteiger partial charge < -0.3 is 9.80 Å².